The maximum absolute atomic E-state index is 12.2. The van der Waals surface area contributed by atoms with E-state index in [-0.39, 0.29) is 0 Å². The van der Waals surface area contributed by atoms with E-state index in [1.807, 2.05) is 0 Å². The van der Waals surface area contributed by atoms with Crippen LogP contribution in [0, 0.1) is 11.8 Å². The molecule has 92 valence electrons. The Morgan fingerprint density at radius 1 is 0.750 bits per heavy atom. The molecule has 16 heavy (non-hydrogen) atoms. The van der Waals surface area contributed by atoms with Crippen molar-refractivity contribution in [3.05, 3.63) is 0 Å². The predicted molar refractivity (Wildman–Crippen MR) is 67.4 cm³/mol. The molecule has 2 fully saturated rings. The van der Waals surface area contributed by atoms with Gasteiger partial charge in [0.1, 0.15) is 5.78 Å². The highest BCUT2D eigenvalue weighted by Gasteiger charge is 2.24. The molecule has 0 aromatic carbocycles. The van der Waals surface area contributed by atoms with Gasteiger partial charge in [0.05, 0.1) is 0 Å². The molecule has 0 saturated heterocycles. The van der Waals surface area contributed by atoms with Crippen LogP contribution in [0.4, 0.5) is 0 Å². The standard InChI is InChI=1S/C15H26O/c16-15(14-10-6-3-7-11-14)12-13-8-4-1-2-5-9-13/h13-14H,1-12H2. The number of rotatable bonds is 3. The monoisotopic (exact) mass is 222 g/mol. The Labute approximate surface area is 100.0 Å². The zero-order valence-corrected chi connectivity index (χ0v) is 10.5. The summed E-state index contributed by atoms with van der Waals surface area (Å²) in [5.74, 6) is 1.78. The summed E-state index contributed by atoms with van der Waals surface area (Å²) in [7, 11) is 0. The Kier molecular flexibility index (Phi) is 4.87. The molecule has 0 amide bonds. The van der Waals surface area contributed by atoms with Crippen molar-refractivity contribution < 1.29 is 4.79 Å². The molecule has 0 aromatic heterocycles. The van der Waals surface area contributed by atoms with Gasteiger partial charge in [-0.3, -0.25) is 4.79 Å². The van der Waals surface area contributed by atoms with Gasteiger partial charge in [-0.1, -0.05) is 57.8 Å². The van der Waals surface area contributed by atoms with Crippen LogP contribution in [0.5, 0.6) is 0 Å². The first-order valence-corrected chi connectivity index (χ1v) is 7.39. The molecule has 0 aromatic rings. The molecule has 2 aliphatic carbocycles. The van der Waals surface area contributed by atoms with Gasteiger partial charge in [0.2, 0.25) is 0 Å². The molecule has 0 unspecified atom stereocenters. The minimum atomic E-state index is 0.442. The van der Waals surface area contributed by atoms with Crippen LogP contribution in [0.3, 0.4) is 0 Å². The highest BCUT2D eigenvalue weighted by molar-refractivity contribution is 5.81. The number of carbonyl (C=O) groups excluding carboxylic acids is 1. The van der Waals surface area contributed by atoms with Gasteiger partial charge in [-0.25, -0.2) is 0 Å². The van der Waals surface area contributed by atoms with Crippen molar-refractivity contribution in [3.8, 4) is 0 Å². The summed E-state index contributed by atoms with van der Waals surface area (Å²) in [6.45, 7) is 0. The normalized spacial score (nSPS) is 25.2. The van der Waals surface area contributed by atoms with Crippen LogP contribution in [-0.4, -0.2) is 5.78 Å². The quantitative estimate of drug-likeness (QED) is 0.643. The number of hydrogen-bond acceptors (Lipinski definition) is 1. The third-order valence-electron chi connectivity index (χ3n) is 4.53. The Morgan fingerprint density at radius 3 is 1.88 bits per heavy atom. The third kappa shape index (κ3) is 3.61. The Morgan fingerprint density at radius 2 is 1.25 bits per heavy atom. The van der Waals surface area contributed by atoms with Crippen LogP contribution in [0.15, 0.2) is 0 Å². The molecule has 0 aliphatic heterocycles. The lowest BCUT2D eigenvalue weighted by atomic mass is 9.82. The molecule has 0 heterocycles. The highest BCUT2D eigenvalue weighted by Crippen LogP contribution is 2.30. The van der Waals surface area contributed by atoms with Crippen LogP contribution in [0.1, 0.15) is 77.0 Å². The molecule has 2 rings (SSSR count). The third-order valence-corrected chi connectivity index (χ3v) is 4.53. The molecular formula is C15H26O. The van der Waals surface area contributed by atoms with Gasteiger partial charge in [-0.2, -0.15) is 0 Å². The van der Waals surface area contributed by atoms with Crippen LogP contribution >= 0.6 is 0 Å². The molecule has 0 bridgehead atoms. The second kappa shape index (κ2) is 6.42. The van der Waals surface area contributed by atoms with E-state index in [0.717, 1.165) is 12.3 Å². The summed E-state index contributed by atoms with van der Waals surface area (Å²) >= 11 is 0. The highest BCUT2D eigenvalue weighted by atomic mass is 16.1. The largest absolute Gasteiger partial charge is 0.299 e. The molecule has 0 radical (unpaired) electrons. The van der Waals surface area contributed by atoms with Crippen molar-refractivity contribution in [2.75, 3.05) is 0 Å². The fourth-order valence-electron chi connectivity index (χ4n) is 3.44. The predicted octanol–water partition coefficient (Wildman–Crippen LogP) is 4.50. The average molecular weight is 222 g/mol. The van der Waals surface area contributed by atoms with Crippen molar-refractivity contribution in [3.63, 3.8) is 0 Å². The SMILES string of the molecule is O=C(CC1CCCCCC1)C1CCCCC1. The maximum Gasteiger partial charge on any atom is 0.136 e. The Hall–Kier alpha value is -0.330. The zero-order valence-electron chi connectivity index (χ0n) is 10.5. The fourth-order valence-corrected chi connectivity index (χ4v) is 3.44. The second-order valence-corrected chi connectivity index (χ2v) is 5.86. The van der Waals surface area contributed by atoms with Gasteiger partial charge in [0.25, 0.3) is 0 Å². The first-order chi connectivity index (χ1) is 7.86. The van der Waals surface area contributed by atoms with E-state index in [2.05, 4.69) is 0 Å². The minimum Gasteiger partial charge on any atom is -0.299 e. The molecule has 1 heteroatoms. The molecule has 0 spiro atoms. The molecular weight excluding hydrogens is 196 g/mol. The molecule has 1 nitrogen and oxygen atoms in total. The van der Waals surface area contributed by atoms with E-state index >= 15 is 0 Å². The van der Waals surface area contributed by atoms with Gasteiger partial charge in [-0.05, 0) is 18.8 Å². The first-order valence-electron chi connectivity index (χ1n) is 7.39. The first kappa shape index (κ1) is 12.1. The average Bonchev–Trinajstić information content (AvgIpc) is 2.59. The Balaban J connectivity index is 1.76. The van der Waals surface area contributed by atoms with E-state index in [9.17, 15) is 4.79 Å². The van der Waals surface area contributed by atoms with Crippen molar-refractivity contribution in [1.82, 2.24) is 0 Å². The molecule has 2 saturated carbocycles. The fraction of sp³-hybridized carbons (Fsp3) is 0.933. The van der Waals surface area contributed by atoms with Crippen molar-refractivity contribution in [1.29, 1.82) is 0 Å². The second-order valence-electron chi connectivity index (χ2n) is 5.86. The number of hydrogen-bond donors (Lipinski definition) is 0. The minimum absolute atomic E-state index is 0.442. The number of ketones is 1. The lowest BCUT2D eigenvalue weighted by Gasteiger charge is -2.22. The van der Waals surface area contributed by atoms with E-state index in [1.165, 1.54) is 70.6 Å². The van der Waals surface area contributed by atoms with Gasteiger partial charge in [-0.15, -0.1) is 0 Å². The summed E-state index contributed by atoms with van der Waals surface area (Å²) in [4.78, 5) is 12.2. The summed E-state index contributed by atoms with van der Waals surface area (Å²) in [6.07, 6.45) is 15.4. The maximum atomic E-state index is 12.2. The lowest BCUT2D eigenvalue weighted by molar-refractivity contribution is -0.124. The van der Waals surface area contributed by atoms with Crippen LogP contribution in [0.25, 0.3) is 0 Å². The van der Waals surface area contributed by atoms with Crippen LogP contribution in [0.2, 0.25) is 0 Å². The van der Waals surface area contributed by atoms with Crippen molar-refractivity contribution in [2.24, 2.45) is 11.8 Å². The van der Waals surface area contributed by atoms with E-state index in [1.54, 1.807) is 0 Å². The molecule has 2 aliphatic rings. The smallest absolute Gasteiger partial charge is 0.136 e. The summed E-state index contributed by atoms with van der Waals surface area (Å²) < 4.78 is 0. The summed E-state index contributed by atoms with van der Waals surface area (Å²) in [5, 5.41) is 0. The Bertz CT molecular complexity index is 207. The van der Waals surface area contributed by atoms with Gasteiger partial charge in [0.15, 0.2) is 0 Å². The van der Waals surface area contributed by atoms with Crippen molar-refractivity contribution >= 4 is 5.78 Å². The van der Waals surface area contributed by atoms with E-state index in [4.69, 9.17) is 0 Å². The number of carbonyl (C=O) groups is 1. The lowest BCUT2D eigenvalue weighted by Crippen LogP contribution is -2.20. The summed E-state index contributed by atoms with van der Waals surface area (Å²) in [5.41, 5.74) is 0. The van der Waals surface area contributed by atoms with E-state index in [0.29, 0.717) is 11.7 Å². The number of Topliss-reactive ketones (excluding diaryl/α,β-unsaturated/α-hetero) is 1. The van der Waals surface area contributed by atoms with Gasteiger partial charge < -0.3 is 0 Å². The molecule has 0 atom stereocenters. The van der Waals surface area contributed by atoms with Crippen LogP contribution in [-0.2, 0) is 4.79 Å². The van der Waals surface area contributed by atoms with Gasteiger partial charge in [0, 0.05) is 12.3 Å². The zero-order chi connectivity index (χ0) is 11.2. The summed E-state index contributed by atoms with van der Waals surface area (Å²) in [6, 6.07) is 0. The molecule has 0 N–H and O–H groups in total. The van der Waals surface area contributed by atoms with Crippen molar-refractivity contribution in [2.45, 2.75) is 77.0 Å². The topological polar surface area (TPSA) is 17.1 Å². The van der Waals surface area contributed by atoms with Gasteiger partial charge >= 0.3 is 0 Å². The van der Waals surface area contributed by atoms with Crippen LogP contribution < -0.4 is 0 Å². The van der Waals surface area contributed by atoms with E-state index < -0.39 is 0 Å².